The van der Waals surface area contributed by atoms with Gasteiger partial charge in [0.2, 0.25) is 12.2 Å². The highest BCUT2D eigenvalue weighted by Crippen LogP contribution is 2.49. The third-order valence-corrected chi connectivity index (χ3v) is 2.94. The molecule has 0 saturated carbocycles. The summed E-state index contributed by atoms with van der Waals surface area (Å²) in [5.41, 5.74) is 5.36. The summed E-state index contributed by atoms with van der Waals surface area (Å²) in [6, 6.07) is 11.0. The Bertz CT molecular complexity index is 687. The maximum atomic E-state index is 10.2. The molecule has 2 aromatic carbocycles. The molecule has 4 nitrogen and oxygen atoms in total. The molecule has 0 fully saturated rings. The lowest BCUT2D eigenvalue weighted by Gasteiger charge is -2.24. The second-order valence-corrected chi connectivity index (χ2v) is 3.87. The van der Waals surface area contributed by atoms with Gasteiger partial charge in [-0.25, -0.2) is 9.59 Å². The van der Waals surface area contributed by atoms with E-state index < -0.39 is 0 Å². The van der Waals surface area contributed by atoms with Crippen LogP contribution < -0.4 is 0 Å². The van der Waals surface area contributed by atoms with Gasteiger partial charge in [0.1, 0.15) is 0 Å². The Hall–Kier alpha value is -2.80. The molecule has 0 amide bonds. The van der Waals surface area contributed by atoms with Crippen molar-refractivity contribution in [3.8, 4) is 22.3 Å². The van der Waals surface area contributed by atoms with Gasteiger partial charge in [0.15, 0.2) is 0 Å². The lowest BCUT2D eigenvalue weighted by Crippen LogP contribution is -1.97. The number of hydrogen-bond acceptors (Lipinski definition) is 4. The van der Waals surface area contributed by atoms with Crippen LogP contribution in [0.25, 0.3) is 22.3 Å². The highest BCUT2D eigenvalue weighted by molar-refractivity contribution is 6.04. The molecule has 0 heterocycles. The molecule has 3 rings (SSSR count). The first-order valence-electron chi connectivity index (χ1n) is 5.28. The maximum absolute atomic E-state index is 10.2. The number of isocyanates is 2. The van der Waals surface area contributed by atoms with Gasteiger partial charge in [-0.3, -0.25) is 0 Å². The van der Waals surface area contributed by atoms with Gasteiger partial charge in [-0.05, 0) is 46.5 Å². The van der Waals surface area contributed by atoms with Crippen LogP contribution in [0.5, 0.6) is 0 Å². The van der Waals surface area contributed by atoms with Gasteiger partial charge in [0.25, 0.3) is 0 Å². The van der Waals surface area contributed by atoms with E-state index in [4.69, 9.17) is 0 Å². The van der Waals surface area contributed by atoms with Crippen LogP contribution in [0.1, 0.15) is 0 Å². The summed E-state index contributed by atoms with van der Waals surface area (Å²) >= 11 is 0. The molecule has 84 valence electrons. The lowest BCUT2D eigenvalue weighted by molar-refractivity contribution is 0.564. The van der Waals surface area contributed by atoms with Gasteiger partial charge < -0.3 is 0 Å². The van der Waals surface area contributed by atoms with E-state index in [0.29, 0.717) is 11.4 Å². The van der Waals surface area contributed by atoms with Crippen molar-refractivity contribution in [3.63, 3.8) is 0 Å². The van der Waals surface area contributed by atoms with Gasteiger partial charge in [-0.1, -0.05) is 12.1 Å². The molecule has 0 aliphatic heterocycles. The number of aliphatic imine (C=N–C) groups is 2. The van der Waals surface area contributed by atoms with Crippen molar-refractivity contribution in [2.24, 2.45) is 9.98 Å². The van der Waals surface area contributed by atoms with E-state index >= 15 is 0 Å². The minimum atomic E-state index is 0.568. The van der Waals surface area contributed by atoms with Gasteiger partial charge in [0.05, 0.1) is 11.4 Å². The molecule has 0 radical (unpaired) electrons. The van der Waals surface area contributed by atoms with Crippen molar-refractivity contribution in [2.75, 3.05) is 0 Å². The highest BCUT2D eigenvalue weighted by atomic mass is 16.1. The molecule has 0 bridgehead atoms. The predicted octanol–water partition coefficient (Wildman–Crippen LogP) is 3.27. The summed E-state index contributed by atoms with van der Waals surface area (Å²) in [5, 5.41) is 0. The minimum absolute atomic E-state index is 0.568. The van der Waals surface area contributed by atoms with Crippen LogP contribution in [0, 0.1) is 0 Å². The van der Waals surface area contributed by atoms with Crippen molar-refractivity contribution in [1.29, 1.82) is 0 Å². The molecule has 0 atom stereocenters. The zero-order chi connectivity index (χ0) is 12.5. The standard InChI is InChI=1S/C14H6N2O2/c17-7-15-9-1-3-11-12-4-2-10(16-8-18)6-14(12)13(11)5-9/h1-6H. The Kier molecular flexibility index (Phi) is 2.24. The Morgan fingerprint density at radius 2 is 1.11 bits per heavy atom. The zero-order valence-electron chi connectivity index (χ0n) is 9.18. The molecular formula is C14H6N2O2. The Morgan fingerprint density at radius 3 is 1.50 bits per heavy atom. The van der Waals surface area contributed by atoms with Crippen molar-refractivity contribution in [1.82, 2.24) is 0 Å². The number of fused-ring (bicyclic) bond motifs is 4. The molecule has 0 spiro atoms. The molecule has 4 heteroatoms. The smallest absolute Gasteiger partial charge is 0.211 e. The number of benzene rings is 2. The van der Waals surface area contributed by atoms with Crippen molar-refractivity contribution < 1.29 is 9.59 Å². The number of nitrogens with zero attached hydrogens (tertiary/aromatic N) is 2. The van der Waals surface area contributed by atoms with Crippen LogP contribution in [-0.2, 0) is 9.59 Å². The summed E-state index contributed by atoms with van der Waals surface area (Å²) in [6.07, 6.45) is 3.03. The molecular weight excluding hydrogens is 228 g/mol. The van der Waals surface area contributed by atoms with E-state index in [1.54, 1.807) is 12.1 Å². The first kappa shape index (κ1) is 10.4. The van der Waals surface area contributed by atoms with Crippen molar-refractivity contribution in [2.45, 2.75) is 0 Å². The minimum Gasteiger partial charge on any atom is -0.211 e. The SMILES string of the molecule is O=C=Nc1ccc2c(c1)-c1cc(N=C=O)ccc1-2. The van der Waals surface area contributed by atoms with E-state index in [2.05, 4.69) is 9.98 Å². The highest BCUT2D eigenvalue weighted by Gasteiger charge is 2.22. The summed E-state index contributed by atoms with van der Waals surface area (Å²) in [6.45, 7) is 0. The summed E-state index contributed by atoms with van der Waals surface area (Å²) in [7, 11) is 0. The summed E-state index contributed by atoms with van der Waals surface area (Å²) < 4.78 is 0. The van der Waals surface area contributed by atoms with E-state index in [1.165, 1.54) is 12.2 Å². The molecule has 0 aromatic heterocycles. The fourth-order valence-corrected chi connectivity index (χ4v) is 2.16. The van der Waals surface area contributed by atoms with Gasteiger partial charge in [-0.2, -0.15) is 9.98 Å². The molecule has 1 aliphatic carbocycles. The van der Waals surface area contributed by atoms with Crippen LogP contribution in [0.4, 0.5) is 11.4 Å². The summed E-state index contributed by atoms with van der Waals surface area (Å²) in [5.74, 6) is 0. The van der Waals surface area contributed by atoms with E-state index in [-0.39, 0.29) is 0 Å². The molecule has 18 heavy (non-hydrogen) atoms. The van der Waals surface area contributed by atoms with Crippen LogP contribution in [0.15, 0.2) is 46.4 Å². The quantitative estimate of drug-likeness (QED) is 0.504. The average molecular weight is 234 g/mol. The van der Waals surface area contributed by atoms with Crippen LogP contribution in [-0.4, -0.2) is 12.2 Å². The second kappa shape index (κ2) is 3.90. The normalized spacial score (nSPS) is 10.2. The monoisotopic (exact) mass is 234 g/mol. The first-order chi connectivity index (χ1) is 8.83. The number of rotatable bonds is 2. The van der Waals surface area contributed by atoms with E-state index in [0.717, 1.165) is 22.3 Å². The Balaban J connectivity index is 2.12. The third-order valence-electron chi connectivity index (χ3n) is 2.94. The molecule has 0 saturated heterocycles. The third kappa shape index (κ3) is 1.42. The van der Waals surface area contributed by atoms with E-state index in [9.17, 15) is 9.59 Å². The predicted molar refractivity (Wildman–Crippen MR) is 66.4 cm³/mol. The fourth-order valence-electron chi connectivity index (χ4n) is 2.16. The molecule has 2 aromatic rings. The Morgan fingerprint density at radius 1 is 0.667 bits per heavy atom. The topological polar surface area (TPSA) is 58.9 Å². The van der Waals surface area contributed by atoms with E-state index in [1.807, 2.05) is 24.3 Å². The summed E-state index contributed by atoms with van der Waals surface area (Å²) in [4.78, 5) is 27.6. The molecule has 1 aliphatic rings. The zero-order valence-corrected chi connectivity index (χ0v) is 9.18. The van der Waals surface area contributed by atoms with Crippen molar-refractivity contribution >= 4 is 23.5 Å². The Labute approximate surface area is 102 Å². The van der Waals surface area contributed by atoms with Crippen LogP contribution in [0.3, 0.4) is 0 Å². The van der Waals surface area contributed by atoms with Crippen LogP contribution >= 0.6 is 0 Å². The first-order valence-corrected chi connectivity index (χ1v) is 5.28. The van der Waals surface area contributed by atoms with Gasteiger partial charge in [-0.15, -0.1) is 0 Å². The average Bonchev–Trinajstić information content (AvgIpc) is 2.38. The largest absolute Gasteiger partial charge is 0.240 e. The number of carbonyl (C=O) groups excluding carboxylic acids is 2. The maximum Gasteiger partial charge on any atom is 0.240 e. The number of hydrogen-bond donors (Lipinski definition) is 0. The van der Waals surface area contributed by atoms with Gasteiger partial charge in [0, 0.05) is 0 Å². The van der Waals surface area contributed by atoms with Crippen molar-refractivity contribution in [3.05, 3.63) is 36.4 Å². The fraction of sp³-hybridized carbons (Fsp3) is 0. The molecule has 0 N–H and O–H groups in total. The van der Waals surface area contributed by atoms with Crippen LogP contribution in [0.2, 0.25) is 0 Å². The van der Waals surface area contributed by atoms with Gasteiger partial charge >= 0.3 is 0 Å². The second-order valence-electron chi connectivity index (χ2n) is 3.87. The lowest BCUT2D eigenvalue weighted by atomic mass is 9.80. The molecule has 0 unspecified atom stereocenters.